The fourth-order valence-corrected chi connectivity index (χ4v) is 3.29. The number of hydrogen-bond donors (Lipinski definition) is 1. The standard InChI is InChI=1S/C18H18ClN3O5S/c1-9-11(5-6-26-9)17-21-22-18(27-17)28-10(2)16(23)20-13-7-12(19)14(24-3)8-15(13)25-4/h5-8,10H,1-4H3,(H,20,23)/t10-/m0/s1. The molecule has 0 spiro atoms. The van der Waals surface area contributed by atoms with Crippen LogP contribution in [-0.2, 0) is 4.79 Å². The summed E-state index contributed by atoms with van der Waals surface area (Å²) < 4.78 is 21.3. The van der Waals surface area contributed by atoms with Crippen LogP contribution in [0.25, 0.3) is 11.5 Å². The van der Waals surface area contributed by atoms with Gasteiger partial charge in [-0.25, -0.2) is 0 Å². The first-order valence-electron chi connectivity index (χ1n) is 8.20. The number of anilines is 1. The zero-order chi connectivity index (χ0) is 20.3. The number of halogens is 1. The van der Waals surface area contributed by atoms with Crippen molar-refractivity contribution in [3.8, 4) is 23.0 Å². The van der Waals surface area contributed by atoms with E-state index < -0.39 is 5.25 Å². The van der Waals surface area contributed by atoms with Crippen LogP contribution in [0.5, 0.6) is 11.5 Å². The number of carbonyl (C=O) groups is 1. The third-order valence-electron chi connectivity index (χ3n) is 3.87. The highest BCUT2D eigenvalue weighted by Crippen LogP contribution is 2.36. The fraction of sp³-hybridized carbons (Fsp3) is 0.278. The molecule has 2 aromatic heterocycles. The van der Waals surface area contributed by atoms with Crippen LogP contribution >= 0.6 is 23.4 Å². The lowest BCUT2D eigenvalue weighted by Gasteiger charge is -2.15. The highest BCUT2D eigenvalue weighted by Gasteiger charge is 2.21. The molecule has 8 nitrogen and oxygen atoms in total. The fourth-order valence-electron chi connectivity index (χ4n) is 2.37. The summed E-state index contributed by atoms with van der Waals surface area (Å²) in [6.07, 6.45) is 1.55. The van der Waals surface area contributed by atoms with Crippen molar-refractivity contribution >= 4 is 35.0 Å². The lowest BCUT2D eigenvalue weighted by atomic mass is 10.2. The van der Waals surface area contributed by atoms with Crippen molar-refractivity contribution in [2.24, 2.45) is 0 Å². The van der Waals surface area contributed by atoms with E-state index in [9.17, 15) is 4.79 Å². The Balaban J connectivity index is 1.70. The van der Waals surface area contributed by atoms with E-state index in [1.807, 2.05) is 0 Å². The van der Waals surface area contributed by atoms with E-state index in [0.717, 1.165) is 11.8 Å². The first kappa shape index (κ1) is 20.1. The SMILES string of the molecule is COc1cc(OC)c(NC(=O)[C@H](C)Sc2nnc(-c3ccoc3C)o2)cc1Cl. The van der Waals surface area contributed by atoms with Crippen molar-refractivity contribution in [3.05, 3.63) is 35.2 Å². The molecule has 10 heteroatoms. The monoisotopic (exact) mass is 423 g/mol. The number of carbonyl (C=O) groups excluding carboxylic acids is 1. The van der Waals surface area contributed by atoms with E-state index in [0.29, 0.717) is 39.4 Å². The van der Waals surface area contributed by atoms with Gasteiger partial charge in [-0.1, -0.05) is 23.4 Å². The van der Waals surface area contributed by atoms with Crippen LogP contribution in [0.3, 0.4) is 0 Å². The van der Waals surface area contributed by atoms with Gasteiger partial charge >= 0.3 is 0 Å². The number of amides is 1. The molecule has 3 aromatic rings. The van der Waals surface area contributed by atoms with Crippen molar-refractivity contribution in [2.75, 3.05) is 19.5 Å². The Labute approximate surface area is 170 Å². The number of rotatable bonds is 7. The maximum Gasteiger partial charge on any atom is 0.277 e. The first-order chi connectivity index (χ1) is 13.4. The Morgan fingerprint density at radius 3 is 2.64 bits per heavy atom. The summed E-state index contributed by atoms with van der Waals surface area (Å²) >= 11 is 7.28. The lowest BCUT2D eigenvalue weighted by molar-refractivity contribution is -0.115. The second kappa shape index (κ2) is 8.57. The van der Waals surface area contributed by atoms with E-state index in [1.165, 1.54) is 14.2 Å². The van der Waals surface area contributed by atoms with Crippen molar-refractivity contribution in [2.45, 2.75) is 24.3 Å². The molecule has 0 unspecified atom stereocenters. The molecule has 0 aliphatic rings. The third-order valence-corrected chi connectivity index (χ3v) is 5.10. The number of methoxy groups -OCH3 is 2. The summed E-state index contributed by atoms with van der Waals surface area (Å²) in [7, 11) is 3.00. The number of nitrogens with one attached hydrogen (secondary N) is 1. The molecule has 148 valence electrons. The Kier molecular flexibility index (Phi) is 6.15. The molecule has 3 rings (SSSR count). The van der Waals surface area contributed by atoms with Crippen LogP contribution in [0.15, 0.2) is 38.5 Å². The van der Waals surface area contributed by atoms with Crippen LogP contribution in [0.1, 0.15) is 12.7 Å². The Bertz CT molecular complexity index is 988. The molecule has 0 aliphatic carbocycles. The average Bonchev–Trinajstić information content (AvgIpc) is 3.30. The number of ether oxygens (including phenoxy) is 2. The predicted molar refractivity (Wildman–Crippen MR) is 105 cm³/mol. The van der Waals surface area contributed by atoms with Crippen molar-refractivity contribution in [1.29, 1.82) is 0 Å². The van der Waals surface area contributed by atoms with Crippen molar-refractivity contribution < 1.29 is 23.1 Å². The van der Waals surface area contributed by atoms with Gasteiger partial charge in [-0.2, -0.15) is 0 Å². The van der Waals surface area contributed by atoms with E-state index in [2.05, 4.69) is 15.5 Å². The third kappa shape index (κ3) is 4.26. The van der Waals surface area contributed by atoms with E-state index in [1.54, 1.807) is 38.3 Å². The van der Waals surface area contributed by atoms with Gasteiger partial charge in [-0.15, -0.1) is 10.2 Å². The molecule has 1 N–H and O–H groups in total. The molecule has 28 heavy (non-hydrogen) atoms. The molecular formula is C18H18ClN3O5S. The van der Waals surface area contributed by atoms with E-state index in [-0.39, 0.29) is 11.1 Å². The summed E-state index contributed by atoms with van der Waals surface area (Å²) in [4.78, 5) is 12.6. The Hall–Kier alpha value is -2.65. The molecule has 1 atom stereocenters. The molecule has 0 bridgehead atoms. The predicted octanol–water partition coefficient (Wildman–Crippen LogP) is 4.43. The minimum Gasteiger partial charge on any atom is -0.495 e. The summed E-state index contributed by atoms with van der Waals surface area (Å²) in [5.74, 6) is 1.62. The molecule has 0 saturated heterocycles. The second-order valence-corrected chi connectivity index (χ2v) is 7.40. The molecule has 1 aromatic carbocycles. The molecule has 0 aliphatic heterocycles. The van der Waals surface area contributed by atoms with Crippen LogP contribution in [-0.4, -0.2) is 35.6 Å². The second-order valence-electron chi connectivity index (χ2n) is 5.70. The molecule has 0 fully saturated rings. The minimum absolute atomic E-state index is 0.274. The van der Waals surface area contributed by atoms with Crippen LogP contribution in [0, 0.1) is 6.92 Å². The van der Waals surface area contributed by atoms with E-state index in [4.69, 9.17) is 29.9 Å². The molecular weight excluding hydrogens is 406 g/mol. The van der Waals surface area contributed by atoms with Crippen molar-refractivity contribution in [1.82, 2.24) is 10.2 Å². The van der Waals surface area contributed by atoms with Gasteiger partial charge in [0.05, 0.1) is 42.0 Å². The van der Waals surface area contributed by atoms with Gasteiger partial charge in [0.2, 0.25) is 5.91 Å². The number of hydrogen-bond acceptors (Lipinski definition) is 8. The summed E-state index contributed by atoms with van der Waals surface area (Å²) in [6, 6.07) is 4.92. The molecule has 0 radical (unpaired) electrons. The molecule has 2 heterocycles. The van der Waals surface area contributed by atoms with Gasteiger partial charge in [0.1, 0.15) is 17.3 Å². The van der Waals surface area contributed by atoms with Gasteiger partial charge in [-0.3, -0.25) is 4.79 Å². The van der Waals surface area contributed by atoms with Gasteiger partial charge < -0.3 is 23.6 Å². The first-order valence-corrected chi connectivity index (χ1v) is 9.45. The highest BCUT2D eigenvalue weighted by atomic mass is 35.5. The van der Waals surface area contributed by atoms with E-state index >= 15 is 0 Å². The largest absolute Gasteiger partial charge is 0.495 e. The maximum atomic E-state index is 12.6. The zero-order valence-corrected chi connectivity index (χ0v) is 17.2. The molecule has 1 amide bonds. The number of aryl methyl sites for hydroxylation is 1. The molecule has 0 saturated carbocycles. The normalized spacial score (nSPS) is 11.9. The van der Waals surface area contributed by atoms with Crippen LogP contribution < -0.4 is 14.8 Å². The Morgan fingerprint density at radius 1 is 1.25 bits per heavy atom. The van der Waals surface area contributed by atoms with Gasteiger partial charge in [0, 0.05) is 6.07 Å². The zero-order valence-electron chi connectivity index (χ0n) is 15.6. The van der Waals surface area contributed by atoms with Crippen molar-refractivity contribution in [3.63, 3.8) is 0 Å². The highest BCUT2D eigenvalue weighted by molar-refractivity contribution is 8.00. The van der Waals surface area contributed by atoms with Crippen LogP contribution in [0.4, 0.5) is 5.69 Å². The lowest BCUT2D eigenvalue weighted by Crippen LogP contribution is -2.22. The maximum absolute atomic E-state index is 12.6. The summed E-state index contributed by atoms with van der Waals surface area (Å²) in [5.41, 5.74) is 1.15. The van der Waals surface area contributed by atoms with Gasteiger partial charge in [0.15, 0.2) is 0 Å². The van der Waals surface area contributed by atoms with Gasteiger partial charge in [0.25, 0.3) is 11.1 Å². The number of thioether (sulfide) groups is 1. The number of nitrogens with zero attached hydrogens (tertiary/aromatic N) is 2. The minimum atomic E-state index is -0.510. The quantitative estimate of drug-likeness (QED) is 0.557. The number of furan rings is 1. The topological polar surface area (TPSA) is 99.6 Å². The Morgan fingerprint density at radius 2 is 2.00 bits per heavy atom. The average molecular weight is 424 g/mol. The number of benzene rings is 1. The smallest absolute Gasteiger partial charge is 0.277 e. The van der Waals surface area contributed by atoms with Gasteiger partial charge in [-0.05, 0) is 26.0 Å². The summed E-state index contributed by atoms with van der Waals surface area (Å²) in [6.45, 7) is 3.53. The summed E-state index contributed by atoms with van der Waals surface area (Å²) in [5, 5.41) is 10.9. The number of aromatic nitrogens is 2. The van der Waals surface area contributed by atoms with Crippen LogP contribution in [0.2, 0.25) is 5.02 Å².